The number of furan rings is 1. The van der Waals surface area contributed by atoms with Gasteiger partial charge in [-0.05, 0) is 49.9 Å². The van der Waals surface area contributed by atoms with Crippen LogP contribution in [0.5, 0.6) is 0 Å². The van der Waals surface area contributed by atoms with Crippen LogP contribution in [0.1, 0.15) is 38.0 Å². The van der Waals surface area contributed by atoms with Crippen LogP contribution in [0.25, 0.3) is 0 Å². The molecule has 0 unspecified atom stereocenters. The molecule has 3 rings (SSSR count). The van der Waals surface area contributed by atoms with Crippen LogP contribution < -0.4 is 5.32 Å². The number of hydrogen-bond acceptors (Lipinski definition) is 3. The van der Waals surface area contributed by atoms with Crippen molar-refractivity contribution < 1.29 is 9.21 Å². The Morgan fingerprint density at radius 1 is 1.26 bits per heavy atom. The van der Waals surface area contributed by atoms with Crippen molar-refractivity contribution in [2.75, 3.05) is 18.4 Å². The summed E-state index contributed by atoms with van der Waals surface area (Å²) in [6.07, 6.45) is 4.39. The average Bonchev–Trinajstić information content (AvgIpc) is 3.20. The average molecular weight is 367 g/mol. The summed E-state index contributed by atoms with van der Waals surface area (Å²) in [6, 6.07) is 11.9. The number of para-hydroxylation sites is 1. The third kappa shape index (κ3) is 4.73. The Hall–Kier alpha value is -2.69. The lowest BCUT2D eigenvalue weighted by Crippen LogP contribution is -2.48. The minimum atomic E-state index is -0.0684. The van der Waals surface area contributed by atoms with Crippen molar-refractivity contribution in [2.45, 2.75) is 45.7 Å². The number of aryl methyl sites for hydroxylation is 1. The number of carbonyl (C=O) groups excluding carboxylic acids is 1. The molecule has 0 spiro atoms. The Labute approximate surface area is 161 Å². The Bertz CT molecular complexity index is 762. The molecule has 2 amide bonds. The molecule has 2 heterocycles. The molecule has 1 saturated heterocycles. The second-order valence-electron chi connectivity index (χ2n) is 7.10. The number of allylic oxidation sites excluding steroid dienone is 1. The number of anilines is 1. The number of carbonyl (C=O) groups is 1. The highest BCUT2D eigenvalue weighted by atomic mass is 16.3. The number of benzene rings is 1. The fraction of sp³-hybridized carbons (Fsp3) is 0.409. The van der Waals surface area contributed by atoms with Gasteiger partial charge in [0, 0.05) is 30.5 Å². The van der Waals surface area contributed by atoms with Gasteiger partial charge in [0.25, 0.3) is 0 Å². The van der Waals surface area contributed by atoms with Crippen molar-refractivity contribution in [3.8, 4) is 0 Å². The molecular formula is C22H29N3O2. The Morgan fingerprint density at radius 3 is 2.63 bits per heavy atom. The highest BCUT2D eigenvalue weighted by Crippen LogP contribution is 2.23. The van der Waals surface area contributed by atoms with Crippen LogP contribution in [0.3, 0.4) is 0 Å². The first kappa shape index (κ1) is 19.1. The largest absolute Gasteiger partial charge is 0.467 e. The van der Waals surface area contributed by atoms with E-state index >= 15 is 0 Å². The van der Waals surface area contributed by atoms with Crippen molar-refractivity contribution in [1.82, 2.24) is 9.80 Å². The molecule has 1 aliphatic rings. The van der Waals surface area contributed by atoms with E-state index in [0.29, 0.717) is 6.54 Å². The van der Waals surface area contributed by atoms with Gasteiger partial charge >= 0.3 is 6.03 Å². The fourth-order valence-corrected chi connectivity index (χ4v) is 3.63. The zero-order chi connectivity index (χ0) is 19.2. The maximum Gasteiger partial charge on any atom is 0.322 e. The first-order valence-corrected chi connectivity index (χ1v) is 9.67. The van der Waals surface area contributed by atoms with E-state index in [-0.39, 0.29) is 12.1 Å². The second kappa shape index (κ2) is 8.80. The van der Waals surface area contributed by atoms with Crippen molar-refractivity contribution in [2.24, 2.45) is 0 Å². The van der Waals surface area contributed by atoms with E-state index < -0.39 is 0 Å². The van der Waals surface area contributed by atoms with Gasteiger partial charge in [0.15, 0.2) is 0 Å². The Morgan fingerprint density at radius 2 is 2.00 bits per heavy atom. The number of piperidine rings is 1. The van der Waals surface area contributed by atoms with E-state index in [1.54, 1.807) is 6.26 Å². The van der Waals surface area contributed by atoms with Crippen molar-refractivity contribution in [3.63, 3.8) is 0 Å². The second-order valence-corrected chi connectivity index (χ2v) is 7.10. The summed E-state index contributed by atoms with van der Waals surface area (Å²) >= 11 is 0. The molecule has 0 bridgehead atoms. The van der Waals surface area contributed by atoms with Gasteiger partial charge in [-0.15, -0.1) is 0 Å². The number of likely N-dealkylation sites (tertiary alicyclic amines) is 1. The van der Waals surface area contributed by atoms with Crippen LogP contribution >= 0.6 is 0 Å². The SMILES string of the molecule is C=C(C)N1CCC(N(Cc2ccco2)C(=O)Nc2ccccc2CC)CC1. The lowest BCUT2D eigenvalue weighted by atomic mass is 10.0. The number of nitrogens with zero attached hydrogens (tertiary/aromatic N) is 2. The molecule has 0 radical (unpaired) electrons. The normalized spacial score (nSPS) is 14.8. The molecule has 1 aromatic carbocycles. The third-order valence-electron chi connectivity index (χ3n) is 5.25. The molecule has 1 fully saturated rings. The molecule has 0 saturated carbocycles. The molecule has 1 N–H and O–H groups in total. The number of nitrogens with one attached hydrogen (secondary N) is 1. The molecule has 0 aliphatic carbocycles. The molecule has 2 aromatic rings. The van der Waals surface area contributed by atoms with Crippen LogP contribution in [0.15, 0.2) is 59.4 Å². The quantitative estimate of drug-likeness (QED) is 0.792. The molecule has 144 valence electrons. The summed E-state index contributed by atoms with van der Waals surface area (Å²) in [5, 5.41) is 3.12. The van der Waals surface area contributed by atoms with Crippen molar-refractivity contribution >= 4 is 11.7 Å². The minimum absolute atomic E-state index is 0.0684. The van der Waals surface area contributed by atoms with Crippen LogP contribution in [-0.2, 0) is 13.0 Å². The third-order valence-corrected chi connectivity index (χ3v) is 5.25. The van der Waals surface area contributed by atoms with E-state index in [1.165, 1.54) is 0 Å². The highest BCUT2D eigenvalue weighted by molar-refractivity contribution is 5.90. The van der Waals surface area contributed by atoms with Gasteiger partial charge in [0.1, 0.15) is 5.76 Å². The van der Waals surface area contributed by atoms with Gasteiger partial charge in [-0.2, -0.15) is 0 Å². The smallest absolute Gasteiger partial charge is 0.322 e. The fourth-order valence-electron chi connectivity index (χ4n) is 3.63. The van der Waals surface area contributed by atoms with Gasteiger partial charge in [0.05, 0.1) is 12.8 Å². The first-order chi connectivity index (χ1) is 13.1. The van der Waals surface area contributed by atoms with Gasteiger partial charge in [0.2, 0.25) is 0 Å². The number of urea groups is 1. The summed E-state index contributed by atoms with van der Waals surface area (Å²) < 4.78 is 5.51. The number of rotatable bonds is 6. The molecule has 27 heavy (non-hydrogen) atoms. The predicted octanol–water partition coefficient (Wildman–Crippen LogP) is 4.87. The molecular weight excluding hydrogens is 338 g/mol. The van der Waals surface area contributed by atoms with E-state index in [1.807, 2.05) is 42.2 Å². The topological polar surface area (TPSA) is 48.7 Å². The highest BCUT2D eigenvalue weighted by Gasteiger charge is 2.29. The van der Waals surface area contributed by atoms with Crippen molar-refractivity contribution in [1.29, 1.82) is 0 Å². The summed E-state index contributed by atoms with van der Waals surface area (Å²) in [6.45, 7) is 10.5. The van der Waals surface area contributed by atoms with E-state index in [9.17, 15) is 4.79 Å². The number of hydrogen-bond donors (Lipinski definition) is 1. The van der Waals surface area contributed by atoms with Gasteiger partial charge in [-0.25, -0.2) is 4.79 Å². The summed E-state index contributed by atoms with van der Waals surface area (Å²) in [5.74, 6) is 0.802. The van der Waals surface area contributed by atoms with E-state index in [4.69, 9.17) is 4.42 Å². The molecule has 0 atom stereocenters. The lowest BCUT2D eigenvalue weighted by Gasteiger charge is -2.39. The van der Waals surface area contributed by atoms with Crippen LogP contribution in [0, 0.1) is 0 Å². The van der Waals surface area contributed by atoms with Gasteiger partial charge in [-0.3, -0.25) is 0 Å². The predicted molar refractivity (Wildman–Crippen MR) is 108 cm³/mol. The minimum Gasteiger partial charge on any atom is -0.467 e. The number of amides is 2. The monoisotopic (exact) mass is 367 g/mol. The summed E-state index contributed by atoms with van der Waals surface area (Å²) in [5.41, 5.74) is 3.11. The zero-order valence-corrected chi connectivity index (χ0v) is 16.3. The van der Waals surface area contributed by atoms with Gasteiger partial charge in [-0.1, -0.05) is 31.7 Å². The molecule has 5 nitrogen and oxygen atoms in total. The summed E-state index contributed by atoms with van der Waals surface area (Å²) in [7, 11) is 0. The Balaban J connectivity index is 1.75. The standard InChI is InChI=1S/C22H29N3O2/c1-4-18-8-5-6-10-21(18)23-22(26)25(16-20-9-7-15-27-20)19-11-13-24(14-12-19)17(2)3/h5-10,15,19H,2,4,11-14,16H2,1,3H3,(H,23,26). The zero-order valence-electron chi connectivity index (χ0n) is 16.3. The van der Waals surface area contributed by atoms with Crippen LogP contribution in [0.2, 0.25) is 0 Å². The van der Waals surface area contributed by atoms with E-state index in [2.05, 4.69) is 29.8 Å². The lowest BCUT2D eigenvalue weighted by molar-refractivity contribution is 0.133. The molecule has 5 heteroatoms. The maximum atomic E-state index is 13.2. The van der Waals surface area contributed by atoms with E-state index in [0.717, 1.165) is 55.1 Å². The van der Waals surface area contributed by atoms with Crippen molar-refractivity contribution in [3.05, 3.63) is 66.3 Å². The molecule has 1 aliphatic heterocycles. The first-order valence-electron chi connectivity index (χ1n) is 9.67. The van der Waals surface area contributed by atoms with Crippen LogP contribution in [-0.4, -0.2) is 35.0 Å². The van der Waals surface area contributed by atoms with Crippen LogP contribution in [0.4, 0.5) is 10.5 Å². The summed E-state index contributed by atoms with van der Waals surface area (Å²) in [4.78, 5) is 17.4. The maximum absolute atomic E-state index is 13.2. The van der Waals surface area contributed by atoms with Gasteiger partial charge < -0.3 is 19.5 Å². The Kier molecular flexibility index (Phi) is 6.22. The molecule has 1 aromatic heterocycles.